The van der Waals surface area contributed by atoms with Gasteiger partial charge in [0.05, 0.1) is 18.0 Å². The molecule has 192 valence electrons. The number of likely N-dealkylation sites (N-methyl/N-ethyl adjacent to an activating group) is 1. The number of H-pyrrole nitrogens is 2. The Morgan fingerprint density at radius 1 is 1.28 bits per heavy atom. The fourth-order valence-corrected chi connectivity index (χ4v) is 4.40. The number of oxazole rings is 1. The predicted octanol–water partition coefficient (Wildman–Crippen LogP) is 2.31. The zero-order chi connectivity index (χ0) is 23.7. The molecule has 0 unspecified atom stereocenters. The van der Waals surface area contributed by atoms with Gasteiger partial charge in [-0.1, -0.05) is 24.3 Å². The van der Waals surface area contributed by atoms with Crippen LogP contribution in [0, 0.1) is 0 Å². The minimum atomic E-state index is -0.851. The number of aromatic amines is 2. The Morgan fingerprint density at radius 2 is 2.11 bits per heavy atom. The topological polar surface area (TPSA) is 124 Å². The second-order valence-corrected chi connectivity index (χ2v) is 8.55. The highest BCUT2D eigenvalue weighted by atomic mass is 32.1. The molecule has 2 N–H and O–H groups in total. The maximum Gasteiger partial charge on any atom is 0.417 e. The van der Waals surface area contributed by atoms with Crippen molar-refractivity contribution in [3.05, 3.63) is 64.1 Å². The van der Waals surface area contributed by atoms with E-state index in [1.54, 1.807) is 30.1 Å². The molecule has 10 nitrogen and oxygen atoms in total. The van der Waals surface area contributed by atoms with E-state index in [0.29, 0.717) is 43.0 Å². The van der Waals surface area contributed by atoms with E-state index in [1.807, 2.05) is 29.2 Å². The van der Waals surface area contributed by atoms with Crippen LogP contribution in [0.1, 0.15) is 23.6 Å². The molecular weight excluding hydrogens is 505 g/mol. The van der Waals surface area contributed by atoms with Crippen molar-refractivity contribution in [2.24, 2.45) is 0 Å². The third kappa shape index (κ3) is 5.97. The molecule has 2 aromatic carbocycles. The molecule has 36 heavy (non-hydrogen) atoms. The van der Waals surface area contributed by atoms with Crippen molar-refractivity contribution < 1.29 is 13.6 Å². The van der Waals surface area contributed by atoms with Crippen LogP contribution in [0.25, 0.3) is 22.5 Å². The van der Waals surface area contributed by atoms with Crippen LogP contribution in [0.5, 0.6) is 0 Å². The molecule has 4 aromatic rings. The smallest absolute Gasteiger partial charge is 0.408 e. The van der Waals surface area contributed by atoms with E-state index in [9.17, 15) is 14.0 Å². The quantitative estimate of drug-likeness (QED) is 0.374. The Bertz CT molecular complexity index is 1360. The maximum absolute atomic E-state index is 13.9. The molecular formula is C23H28FN7O3S2. The summed E-state index contributed by atoms with van der Waals surface area (Å²) in [6, 6.07) is 12.5. The molecule has 0 spiro atoms. The first-order valence-electron chi connectivity index (χ1n) is 11.0. The number of benzene rings is 2. The number of hydrogen-bond acceptors (Lipinski definition) is 7. The highest BCUT2D eigenvalue weighted by molar-refractivity contribution is 7.59. The molecule has 0 saturated carbocycles. The maximum atomic E-state index is 13.9. The number of rotatable bonds is 7. The standard InChI is InChI=1S/C23H24FN7O3.2H2S/c1-30(21(32)10-14-5-6-20-18(9-14)25-23(33)34-20)19(13-31-8-7-17(24)12-31)15-3-2-4-16(11-15)22-26-28-29-27-22;;/h2-6,9,11,17,19H,7-8,10,12-13H2,1H3,(H,25,33)(H,26,27,28,29);2*1H2/t17-,19+;;/m0../s1. The largest absolute Gasteiger partial charge is 0.417 e. The van der Waals surface area contributed by atoms with Crippen LogP contribution in [0.4, 0.5) is 4.39 Å². The van der Waals surface area contributed by atoms with Gasteiger partial charge in [0.15, 0.2) is 5.58 Å². The zero-order valence-electron chi connectivity index (χ0n) is 19.6. The number of hydrogen-bond donors (Lipinski definition) is 2. The van der Waals surface area contributed by atoms with Crippen molar-refractivity contribution in [3.8, 4) is 11.4 Å². The van der Waals surface area contributed by atoms with Gasteiger partial charge in [0, 0.05) is 32.2 Å². The molecule has 1 amide bonds. The Hall–Kier alpha value is -3.16. The summed E-state index contributed by atoms with van der Waals surface area (Å²) in [6.45, 7) is 1.51. The van der Waals surface area contributed by atoms with Crippen molar-refractivity contribution in [3.63, 3.8) is 0 Å². The van der Waals surface area contributed by atoms with E-state index in [0.717, 1.165) is 16.7 Å². The first-order chi connectivity index (χ1) is 16.5. The van der Waals surface area contributed by atoms with E-state index in [-0.39, 0.29) is 45.4 Å². The van der Waals surface area contributed by atoms with E-state index >= 15 is 0 Å². The van der Waals surface area contributed by atoms with E-state index in [1.165, 1.54) is 0 Å². The highest BCUT2D eigenvalue weighted by Gasteiger charge is 2.29. The number of likely N-dealkylation sites (tertiary alicyclic amines) is 1. The van der Waals surface area contributed by atoms with Gasteiger partial charge >= 0.3 is 5.76 Å². The molecule has 13 heteroatoms. The van der Waals surface area contributed by atoms with E-state index in [4.69, 9.17) is 4.42 Å². The van der Waals surface area contributed by atoms with Gasteiger partial charge in [-0.05, 0) is 41.0 Å². The molecule has 0 bridgehead atoms. The molecule has 1 fully saturated rings. The summed E-state index contributed by atoms with van der Waals surface area (Å²) in [5.41, 5.74) is 3.42. The van der Waals surface area contributed by atoms with Crippen LogP contribution in [0.2, 0.25) is 0 Å². The van der Waals surface area contributed by atoms with Crippen LogP contribution in [0.3, 0.4) is 0 Å². The molecule has 0 aliphatic carbocycles. The number of halogens is 1. The third-order valence-corrected chi connectivity index (χ3v) is 6.22. The van der Waals surface area contributed by atoms with Gasteiger partial charge in [-0.25, -0.2) is 9.18 Å². The Labute approximate surface area is 220 Å². The number of tetrazole rings is 1. The number of fused-ring (bicyclic) bond motifs is 1. The zero-order valence-corrected chi connectivity index (χ0v) is 21.6. The van der Waals surface area contributed by atoms with Gasteiger partial charge in [0.25, 0.3) is 0 Å². The van der Waals surface area contributed by atoms with Gasteiger partial charge in [0.2, 0.25) is 11.7 Å². The molecule has 0 radical (unpaired) electrons. The molecule has 3 heterocycles. The minimum Gasteiger partial charge on any atom is -0.408 e. The van der Waals surface area contributed by atoms with Gasteiger partial charge in [-0.15, -0.1) is 10.2 Å². The first-order valence-corrected chi connectivity index (χ1v) is 11.0. The van der Waals surface area contributed by atoms with Crippen LogP contribution < -0.4 is 5.76 Å². The third-order valence-electron chi connectivity index (χ3n) is 6.22. The van der Waals surface area contributed by atoms with Crippen LogP contribution in [-0.4, -0.2) is 74.2 Å². The summed E-state index contributed by atoms with van der Waals surface area (Å²) in [6.07, 6.45) is -0.209. The molecule has 5 rings (SSSR count). The summed E-state index contributed by atoms with van der Waals surface area (Å²) < 4.78 is 18.9. The number of alkyl halides is 1. The van der Waals surface area contributed by atoms with Crippen molar-refractivity contribution in [1.29, 1.82) is 0 Å². The lowest BCUT2D eigenvalue weighted by atomic mass is 10.0. The van der Waals surface area contributed by atoms with E-state index in [2.05, 4.69) is 25.6 Å². The first kappa shape index (κ1) is 27.4. The summed E-state index contributed by atoms with van der Waals surface area (Å²) in [7, 11) is 1.76. The normalized spacial score (nSPS) is 16.3. The minimum absolute atomic E-state index is 0. The van der Waals surface area contributed by atoms with Crippen LogP contribution >= 0.6 is 27.0 Å². The highest BCUT2D eigenvalue weighted by Crippen LogP contribution is 2.27. The predicted molar refractivity (Wildman–Crippen MR) is 142 cm³/mol. The number of carbonyl (C=O) groups is 1. The van der Waals surface area contributed by atoms with Crippen molar-refractivity contribution in [2.45, 2.75) is 25.1 Å². The molecule has 2 atom stereocenters. The second-order valence-electron chi connectivity index (χ2n) is 8.55. The fourth-order valence-electron chi connectivity index (χ4n) is 4.40. The molecule has 1 aliphatic rings. The Balaban J connectivity index is 0.00000180. The number of carbonyl (C=O) groups excluding carboxylic acids is 1. The number of amides is 1. The van der Waals surface area contributed by atoms with Gasteiger partial charge in [-0.2, -0.15) is 32.2 Å². The summed E-state index contributed by atoms with van der Waals surface area (Å²) in [5, 5.41) is 14.2. The lowest BCUT2D eigenvalue weighted by Gasteiger charge is -2.32. The average molecular weight is 534 g/mol. The lowest BCUT2D eigenvalue weighted by Crippen LogP contribution is -2.39. The van der Waals surface area contributed by atoms with E-state index < -0.39 is 11.9 Å². The Kier molecular flexibility index (Phi) is 8.93. The Morgan fingerprint density at radius 3 is 2.83 bits per heavy atom. The van der Waals surface area contributed by atoms with Crippen molar-refractivity contribution in [2.75, 3.05) is 26.7 Å². The summed E-state index contributed by atoms with van der Waals surface area (Å²) in [4.78, 5) is 31.1. The summed E-state index contributed by atoms with van der Waals surface area (Å²) >= 11 is 0. The SMILES string of the molecule is CN(C(=O)Cc1ccc2oc(=O)[nH]c2c1)[C@H](CN1CC[C@H](F)C1)c1cccc(-c2nn[nH]n2)c1.S.S. The average Bonchev–Trinajstić information content (AvgIpc) is 3.57. The molecule has 2 aromatic heterocycles. The van der Waals surface area contributed by atoms with Gasteiger partial charge in [0.1, 0.15) is 6.17 Å². The lowest BCUT2D eigenvalue weighted by molar-refractivity contribution is -0.131. The van der Waals surface area contributed by atoms with Crippen molar-refractivity contribution in [1.82, 2.24) is 35.4 Å². The monoisotopic (exact) mass is 533 g/mol. The van der Waals surface area contributed by atoms with Crippen molar-refractivity contribution >= 4 is 44.0 Å². The second kappa shape index (κ2) is 11.7. The molecule has 1 aliphatic heterocycles. The number of nitrogens with zero attached hydrogens (tertiary/aromatic N) is 5. The van der Waals surface area contributed by atoms with Crippen LogP contribution in [-0.2, 0) is 11.2 Å². The molecule has 1 saturated heterocycles. The fraction of sp³-hybridized carbons (Fsp3) is 0.348. The number of aromatic nitrogens is 5. The van der Waals surface area contributed by atoms with Gasteiger partial charge < -0.3 is 9.32 Å². The number of nitrogens with one attached hydrogen (secondary N) is 2. The summed E-state index contributed by atoms with van der Waals surface area (Å²) in [5.74, 6) is -0.174. The van der Waals surface area contributed by atoms with Gasteiger partial charge in [-0.3, -0.25) is 14.7 Å². The van der Waals surface area contributed by atoms with Crippen LogP contribution in [0.15, 0.2) is 51.7 Å².